The third-order valence-electron chi connectivity index (χ3n) is 3.72. The summed E-state index contributed by atoms with van der Waals surface area (Å²) in [6.45, 7) is 6.33. The fourth-order valence-electron chi connectivity index (χ4n) is 2.32. The van der Waals surface area contributed by atoms with Gasteiger partial charge in [0.1, 0.15) is 0 Å². The van der Waals surface area contributed by atoms with Gasteiger partial charge in [-0.2, -0.15) is 0 Å². The van der Waals surface area contributed by atoms with Crippen LogP contribution in [0.4, 0.5) is 5.13 Å². The zero-order chi connectivity index (χ0) is 17.2. The van der Waals surface area contributed by atoms with Crippen LogP contribution < -0.4 is 5.32 Å². The molecule has 0 aliphatic carbocycles. The van der Waals surface area contributed by atoms with Gasteiger partial charge in [0.15, 0.2) is 5.13 Å². The maximum Gasteiger partial charge on any atom is 0.230 e. The van der Waals surface area contributed by atoms with E-state index in [2.05, 4.69) is 31.1 Å². The third kappa shape index (κ3) is 3.92. The molecular formula is C19H21N3OS. The number of thiazole rings is 1. The molecule has 0 aliphatic rings. The molecule has 2 heterocycles. The second kappa shape index (κ2) is 6.61. The molecule has 1 amide bonds. The molecule has 0 spiro atoms. The summed E-state index contributed by atoms with van der Waals surface area (Å²) in [5.41, 5.74) is 3.06. The summed E-state index contributed by atoms with van der Waals surface area (Å²) in [5.74, 6) is -0.0430. The summed E-state index contributed by atoms with van der Waals surface area (Å²) in [4.78, 5) is 16.7. The van der Waals surface area contributed by atoms with Gasteiger partial charge in [0, 0.05) is 28.9 Å². The fraction of sp³-hybridized carbons (Fsp3) is 0.263. The van der Waals surface area contributed by atoms with Crippen molar-refractivity contribution in [3.8, 4) is 5.69 Å². The van der Waals surface area contributed by atoms with Crippen molar-refractivity contribution in [3.05, 3.63) is 65.4 Å². The molecule has 0 radical (unpaired) electrons. The maximum absolute atomic E-state index is 12.2. The summed E-state index contributed by atoms with van der Waals surface area (Å²) < 4.78 is 2.04. The SMILES string of the molecule is CC(C)(C)c1csc(NC(=O)Cc2ccc(-n3cccc3)cc2)n1. The number of hydrogen-bond donors (Lipinski definition) is 1. The monoisotopic (exact) mass is 339 g/mol. The van der Waals surface area contributed by atoms with Crippen molar-refractivity contribution in [1.29, 1.82) is 0 Å². The number of aromatic nitrogens is 2. The Morgan fingerprint density at radius 1 is 1.17 bits per heavy atom. The summed E-state index contributed by atoms with van der Waals surface area (Å²) >= 11 is 1.47. The molecule has 0 saturated carbocycles. The first kappa shape index (κ1) is 16.5. The van der Waals surface area contributed by atoms with Gasteiger partial charge in [0.25, 0.3) is 0 Å². The smallest absolute Gasteiger partial charge is 0.230 e. The quantitative estimate of drug-likeness (QED) is 0.765. The average molecular weight is 339 g/mol. The van der Waals surface area contributed by atoms with Gasteiger partial charge < -0.3 is 9.88 Å². The fourth-order valence-corrected chi connectivity index (χ4v) is 3.27. The Morgan fingerprint density at radius 2 is 1.83 bits per heavy atom. The highest BCUT2D eigenvalue weighted by Crippen LogP contribution is 2.26. The third-order valence-corrected chi connectivity index (χ3v) is 4.48. The van der Waals surface area contributed by atoms with Gasteiger partial charge in [-0.05, 0) is 29.8 Å². The van der Waals surface area contributed by atoms with Crippen molar-refractivity contribution >= 4 is 22.4 Å². The van der Waals surface area contributed by atoms with Crippen molar-refractivity contribution in [2.24, 2.45) is 0 Å². The molecule has 0 atom stereocenters. The highest BCUT2D eigenvalue weighted by Gasteiger charge is 2.18. The van der Waals surface area contributed by atoms with Gasteiger partial charge in [0.2, 0.25) is 5.91 Å². The van der Waals surface area contributed by atoms with E-state index in [0.29, 0.717) is 11.6 Å². The highest BCUT2D eigenvalue weighted by molar-refractivity contribution is 7.13. The van der Waals surface area contributed by atoms with Crippen LogP contribution in [0.5, 0.6) is 0 Å². The number of carbonyl (C=O) groups is 1. The predicted molar refractivity (Wildman–Crippen MR) is 98.9 cm³/mol. The lowest BCUT2D eigenvalue weighted by Crippen LogP contribution is -2.15. The Hall–Kier alpha value is -2.40. The van der Waals surface area contributed by atoms with E-state index in [1.54, 1.807) is 0 Å². The van der Waals surface area contributed by atoms with Crippen LogP contribution in [0.25, 0.3) is 5.69 Å². The molecule has 124 valence electrons. The minimum Gasteiger partial charge on any atom is -0.324 e. The summed E-state index contributed by atoms with van der Waals surface area (Å²) in [5, 5.41) is 5.55. The zero-order valence-electron chi connectivity index (χ0n) is 14.1. The lowest BCUT2D eigenvalue weighted by Gasteiger charge is -2.14. The van der Waals surface area contributed by atoms with Crippen LogP contribution >= 0.6 is 11.3 Å². The normalized spacial score (nSPS) is 11.5. The first-order valence-corrected chi connectivity index (χ1v) is 8.78. The number of rotatable bonds is 4. The standard InChI is InChI=1S/C19H21N3OS/c1-19(2,3)16-13-24-18(20-16)21-17(23)12-14-6-8-15(9-7-14)22-10-4-5-11-22/h4-11,13H,12H2,1-3H3,(H,20,21,23). The van der Waals surface area contributed by atoms with Gasteiger partial charge in [-0.3, -0.25) is 4.79 Å². The number of amides is 1. The number of nitrogens with one attached hydrogen (secondary N) is 1. The van der Waals surface area contributed by atoms with Crippen molar-refractivity contribution in [1.82, 2.24) is 9.55 Å². The van der Waals surface area contributed by atoms with Crippen LogP contribution in [-0.4, -0.2) is 15.5 Å². The molecule has 0 bridgehead atoms. The molecule has 4 nitrogen and oxygen atoms in total. The molecule has 5 heteroatoms. The Balaban J connectivity index is 1.61. The lowest BCUT2D eigenvalue weighted by atomic mass is 9.93. The molecule has 2 aromatic heterocycles. The van der Waals surface area contributed by atoms with E-state index in [0.717, 1.165) is 16.9 Å². The Labute approximate surface area is 146 Å². The van der Waals surface area contributed by atoms with E-state index in [-0.39, 0.29) is 11.3 Å². The van der Waals surface area contributed by atoms with Crippen molar-refractivity contribution in [2.75, 3.05) is 5.32 Å². The minimum atomic E-state index is -0.0430. The Kier molecular flexibility index (Phi) is 4.53. The van der Waals surface area contributed by atoms with Gasteiger partial charge in [-0.25, -0.2) is 4.98 Å². The first-order valence-electron chi connectivity index (χ1n) is 7.90. The van der Waals surface area contributed by atoms with Crippen LogP contribution in [0.15, 0.2) is 54.2 Å². The van der Waals surface area contributed by atoms with E-state index in [4.69, 9.17) is 0 Å². The Morgan fingerprint density at radius 3 is 2.42 bits per heavy atom. The van der Waals surface area contributed by atoms with Crippen molar-refractivity contribution in [2.45, 2.75) is 32.6 Å². The molecule has 0 saturated heterocycles. The topological polar surface area (TPSA) is 46.9 Å². The summed E-state index contributed by atoms with van der Waals surface area (Å²) in [7, 11) is 0. The maximum atomic E-state index is 12.2. The number of hydrogen-bond acceptors (Lipinski definition) is 3. The van der Waals surface area contributed by atoms with Crippen LogP contribution in [0, 0.1) is 0 Å². The van der Waals surface area contributed by atoms with E-state index in [9.17, 15) is 4.79 Å². The van der Waals surface area contributed by atoms with Crippen LogP contribution in [0.1, 0.15) is 32.0 Å². The van der Waals surface area contributed by atoms with E-state index in [1.165, 1.54) is 11.3 Å². The molecule has 1 aromatic carbocycles. The zero-order valence-corrected chi connectivity index (χ0v) is 14.9. The molecule has 0 aliphatic heterocycles. The molecule has 3 rings (SSSR count). The second-order valence-electron chi connectivity index (χ2n) is 6.77. The van der Waals surface area contributed by atoms with Gasteiger partial charge >= 0.3 is 0 Å². The van der Waals surface area contributed by atoms with Crippen LogP contribution in [-0.2, 0) is 16.6 Å². The molecule has 0 fully saturated rings. The number of anilines is 1. The van der Waals surface area contributed by atoms with Crippen molar-refractivity contribution < 1.29 is 4.79 Å². The van der Waals surface area contributed by atoms with E-state index >= 15 is 0 Å². The minimum absolute atomic E-state index is 0.00618. The predicted octanol–water partition coefficient (Wildman–Crippen LogP) is 4.41. The number of benzene rings is 1. The molecule has 24 heavy (non-hydrogen) atoms. The lowest BCUT2D eigenvalue weighted by molar-refractivity contribution is -0.115. The van der Waals surface area contributed by atoms with Crippen LogP contribution in [0.2, 0.25) is 0 Å². The average Bonchev–Trinajstić information content (AvgIpc) is 3.18. The number of nitrogens with zero attached hydrogens (tertiary/aromatic N) is 2. The number of carbonyl (C=O) groups excluding carboxylic acids is 1. The van der Waals surface area contributed by atoms with Gasteiger partial charge in [-0.1, -0.05) is 32.9 Å². The van der Waals surface area contributed by atoms with Gasteiger partial charge in [-0.15, -0.1) is 11.3 Å². The van der Waals surface area contributed by atoms with Crippen LogP contribution in [0.3, 0.4) is 0 Å². The first-order chi connectivity index (χ1) is 11.4. The highest BCUT2D eigenvalue weighted by atomic mass is 32.1. The summed E-state index contributed by atoms with van der Waals surface area (Å²) in [6, 6.07) is 12.0. The molecule has 0 unspecified atom stereocenters. The van der Waals surface area contributed by atoms with E-state index in [1.807, 2.05) is 58.7 Å². The van der Waals surface area contributed by atoms with Gasteiger partial charge in [0.05, 0.1) is 12.1 Å². The second-order valence-corrected chi connectivity index (χ2v) is 7.63. The molecule has 1 N–H and O–H groups in total. The molecular weight excluding hydrogens is 318 g/mol. The largest absolute Gasteiger partial charge is 0.324 e. The molecule has 3 aromatic rings. The van der Waals surface area contributed by atoms with Crippen molar-refractivity contribution in [3.63, 3.8) is 0 Å². The Bertz CT molecular complexity index is 811. The van der Waals surface area contributed by atoms with E-state index < -0.39 is 0 Å². The summed E-state index contributed by atoms with van der Waals surface area (Å²) in [6.07, 6.45) is 4.34.